The van der Waals surface area contributed by atoms with Crippen LogP contribution in [-0.2, 0) is 19.4 Å². The number of amides is 1. The zero-order valence-electron chi connectivity index (χ0n) is 18.7. The van der Waals surface area contributed by atoms with Gasteiger partial charge < -0.3 is 10.1 Å². The minimum atomic E-state index is -3.99. The topological polar surface area (TPSA) is 107 Å². The van der Waals surface area contributed by atoms with E-state index in [9.17, 15) is 22.8 Å². The fourth-order valence-electron chi connectivity index (χ4n) is 3.87. The van der Waals surface area contributed by atoms with Crippen LogP contribution in [0.2, 0.25) is 0 Å². The van der Waals surface area contributed by atoms with E-state index in [0.717, 1.165) is 18.1 Å². The van der Waals surface area contributed by atoms with Crippen LogP contribution in [0.1, 0.15) is 58.0 Å². The van der Waals surface area contributed by atoms with Gasteiger partial charge >= 0.3 is 5.97 Å². The molecular formula is C26H23NO6S. The fourth-order valence-corrected chi connectivity index (χ4v) is 5.55. The summed E-state index contributed by atoms with van der Waals surface area (Å²) < 4.78 is 31.2. The van der Waals surface area contributed by atoms with Crippen LogP contribution >= 0.6 is 0 Å². The van der Waals surface area contributed by atoms with E-state index in [4.69, 9.17) is 4.74 Å². The molecule has 8 heteroatoms. The van der Waals surface area contributed by atoms with Crippen LogP contribution in [0.5, 0.6) is 0 Å². The maximum absolute atomic E-state index is 13.0. The summed E-state index contributed by atoms with van der Waals surface area (Å²) >= 11 is 0. The summed E-state index contributed by atoms with van der Waals surface area (Å²) in [6.45, 7) is 3.56. The molecule has 3 aromatic carbocycles. The fraction of sp³-hybridized carbons (Fsp3) is 0.192. The molecule has 1 aliphatic heterocycles. The second-order valence-electron chi connectivity index (χ2n) is 8.06. The highest BCUT2D eigenvalue weighted by Gasteiger charge is 2.35. The van der Waals surface area contributed by atoms with Crippen molar-refractivity contribution in [3.05, 3.63) is 89.0 Å². The molecule has 0 spiro atoms. The molecule has 1 heterocycles. The van der Waals surface area contributed by atoms with Crippen LogP contribution in [0.25, 0.3) is 0 Å². The third kappa shape index (κ3) is 4.24. The number of carbonyl (C=O) groups excluding carboxylic acids is 3. The molecule has 1 atom stereocenters. The summed E-state index contributed by atoms with van der Waals surface area (Å²) in [5, 5.41) is 2.76. The van der Waals surface area contributed by atoms with Gasteiger partial charge in [0, 0.05) is 16.8 Å². The van der Waals surface area contributed by atoms with Gasteiger partial charge in [0.25, 0.3) is 5.91 Å². The maximum Gasteiger partial charge on any atom is 0.338 e. The van der Waals surface area contributed by atoms with E-state index in [-0.39, 0.29) is 32.4 Å². The number of ketones is 1. The van der Waals surface area contributed by atoms with Gasteiger partial charge in [-0.1, -0.05) is 44.2 Å². The van der Waals surface area contributed by atoms with Gasteiger partial charge in [-0.05, 0) is 54.3 Å². The van der Waals surface area contributed by atoms with Crippen molar-refractivity contribution < 1.29 is 27.5 Å². The molecule has 0 fully saturated rings. The molecule has 0 saturated heterocycles. The lowest BCUT2D eigenvalue weighted by Gasteiger charge is -2.19. The third-order valence-electron chi connectivity index (χ3n) is 5.89. The van der Waals surface area contributed by atoms with Gasteiger partial charge in [-0.2, -0.15) is 0 Å². The maximum atomic E-state index is 13.0. The minimum absolute atomic E-state index is 0.00496. The zero-order chi connectivity index (χ0) is 24.5. The molecule has 1 aliphatic rings. The van der Waals surface area contributed by atoms with Gasteiger partial charge in [0.15, 0.2) is 12.4 Å². The molecule has 0 radical (unpaired) electrons. The van der Waals surface area contributed by atoms with Crippen LogP contribution < -0.4 is 5.32 Å². The lowest BCUT2D eigenvalue weighted by atomic mass is 9.97. The van der Waals surface area contributed by atoms with Crippen molar-refractivity contribution in [2.45, 2.75) is 36.0 Å². The summed E-state index contributed by atoms with van der Waals surface area (Å²) in [6, 6.07) is 17.1. The molecule has 1 N–H and O–H groups in total. The van der Waals surface area contributed by atoms with Gasteiger partial charge in [-0.25, -0.2) is 13.2 Å². The molecule has 7 nitrogen and oxygen atoms in total. The molecule has 0 unspecified atom stereocenters. The van der Waals surface area contributed by atoms with Crippen molar-refractivity contribution in [2.75, 3.05) is 11.9 Å². The molecule has 0 bridgehead atoms. The number of esters is 1. The monoisotopic (exact) mass is 477 g/mol. The Kier molecular flexibility index (Phi) is 6.34. The first-order valence-corrected chi connectivity index (χ1v) is 12.3. The Balaban J connectivity index is 1.50. The number of rotatable bonds is 6. The van der Waals surface area contributed by atoms with E-state index in [2.05, 4.69) is 19.2 Å². The van der Waals surface area contributed by atoms with Crippen LogP contribution in [0.3, 0.4) is 0 Å². The Morgan fingerprint density at radius 2 is 1.62 bits per heavy atom. The highest BCUT2D eigenvalue weighted by Crippen LogP contribution is 2.35. The van der Waals surface area contributed by atoms with Crippen molar-refractivity contribution in [2.24, 2.45) is 0 Å². The van der Waals surface area contributed by atoms with Crippen LogP contribution in [0.4, 0.5) is 5.69 Å². The van der Waals surface area contributed by atoms with Crippen LogP contribution in [-0.4, -0.2) is 32.7 Å². The van der Waals surface area contributed by atoms with Gasteiger partial charge in [0.2, 0.25) is 9.84 Å². The minimum Gasteiger partial charge on any atom is -0.452 e. The van der Waals surface area contributed by atoms with E-state index in [1.807, 2.05) is 12.1 Å². The lowest BCUT2D eigenvalue weighted by molar-refractivity contribution is -0.119. The second kappa shape index (κ2) is 9.23. The Labute approximate surface area is 197 Å². The average molecular weight is 478 g/mol. The number of carbonyl (C=O) groups is 3. The Morgan fingerprint density at radius 1 is 0.941 bits per heavy atom. The van der Waals surface area contributed by atoms with Gasteiger partial charge in [0.1, 0.15) is 0 Å². The number of hydrogen-bond acceptors (Lipinski definition) is 6. The summed E-state index contributed by atoms with van der Waals surface area (Å²) in [5.74, 6) is -1.57. The predicted octanol–water partition coefficient (Wildman–Crippen LogP) is 4.37. The van der Waals surface area contributed by atoms with Crippen molar-refractivity contribution in [3.63, 3.8) is 0 Å². The van der Waals surface area contributed by atoms with E-state index in [0.29, 0.717) is 5.69 Å². The third-order valence-corrected chi connectivity index (χ3v) is 7.74. The van der Waals surface area contributed by atoms with Gasteiger partial charge in [-0.3, -0.25) is 9.59 Å². The number of benzene rings is 3. The number of nitrogens with one attached hydrogen (secondary N) is 1. The molecule has 34 heavy (non-hydrogen) atoms. The zero-order valence-corrected chi connectivity index (χ0v) is 19.5. The largest absolute Gasteiger partial charge is 0.452 e. The normalized spacial score (nSPS) is 14.5. The molecule has 4 rings (SSSR count). The van der Waals surface area contributed by atoms with E-state index < -0.39 is 34.1 Å². The molecule has 174 valence electrons. The Hall–Kier alpha value is -3.78. The van der Waals surface area contributed by atoms with E-state index >= 15 is 0 Å². The SMILES string of the molecule is CC[C@H](C)c1ccccc1NC(=O)COC(=O)c1ccc2c(c1)S(=O)(=O)c1ccccc1C2=O. The smallest absolute Gasteiger partial charge is 0.338 e. The molecular weight excluding hydrogens is 454 g/mol. The number of anilines is 1. The molecule has 0 aliphatic carbocycles. The first-order chi connectivity index (χ1) is 16.2. The Bertz CT molecular complexity index is 1410. The molecule has 0 saturated carbocycles. The van der Waals surface area contributed by atoms with Crippen molar-refractivity contribution in [1.82, 2.24) is 0 Å². The van der Waals surface area contributed by atoms with Crippen LogP contribution in [0, 0.1) is 0 Å². The highest BCUT2D eigenvalue weighted by atomic mass is 32.2. The molecule has 1 amide bonds. The average Bonchev–Trinajstić information content (AvgIpc) is 2.85. The first-order valence-electron chi connectivity index (χ1n) is 10.8. The number of para-hydroxylation sites is 1. The van der Waals surface area contributed by atoms with E-state index in [1.165, 1.54) is 30.3 Å². The van der Waals surface area contributed by atoms with Crippen molar-refractivity contribution in [1.29, 1.82) is 0 Å². The standard InChI is InChI=1S/C26H23NO6S/c1-3-16(2)18-8-4-6-10-21(18)27-24(28)15-33-26(30)17-12-13-20-23(14-17)34(31,32)22-11-7-5-9-19(22)25(20)29/h4-14,16H,3,15H2,1-2H3,(H,27,28)/t16-/m0/s1. The predicted molar refractivity (Wildman–Crippen MR) is 126 cm³/mol. The summed E-state index contributed by atoms with van der Waals surface area (Å²) in [7, 11) is -3.99. The van der Waals surface area contributed by atoms with Crippen molar-refractivity contribution in [3.8, 4) is 0 Å². The second-order valence-corrected chi connectivity index (χ2v) is 9.95. The van der Waals surface area contributed by atoms with Gasteiger partial charge in [0.05, 0.1) is 15.4 Å². The summed E-state index contributed by atoms with van der Waals surface area (Å²) in [5.41, 5.74) is 1.65. The van der Waals surface area contributed by atoms with Crippen LogP contribution in [0.15, 0.2) is 76.5 Å². The molecule has 3 aromatic rings. The number of ether oxygens (including phenoxy) is 1. The molecule has 0 aromatic heterocycles. The lowest BCUT2D eigenvalue weighted by Crippen LogP contribution is -2.23. The quantitative estimate of drug-likeness (QED) is 0.413. The summed E-state index contributed by atoms with van der Waals surface area (Å²) in [4.78, 5) is 37.3. The van der Waals surface area contributed by atoms with E-state index in [1.54, 1.807) is 18.2 Å². The number of sulfone groups is 1. The first kappa shape index (κ1) is 23.4. The van der Waals surface area contributed by atoms with Crippen molar-refractivity contribution >= 4 is 33.2 Å². The number of fused-ring (bicyclic) bond motifs is 2. The Morgan fingerprint density at radius 3 is 2.38 bits per heavy atom. The highest BCUT2D eigenvalue weighted by molar-refractivity contribution is 7.91. The summed E-state index contributed by atoms with van der Waals surface area (Å²) in [6.07, 6.45) is 0.899. The van der Waals surface area contributed by atoms with Gasteiger partial charge in [-0.15, -0.1) is 0 Å². The number of hydrogen-bond donors (Lipinski definition) is 1.